The third-order valence-corrected chi connectivity index (χ3v) is 1.57. The van der Waals surface area contributed by atoms with E-state index in [9.17, 15) is 0 Å². The first-order chi connectivity index (χ1) is 3.34. The molecule has 0 aromatic heterocycles. The molecule has 0 amide bonds. The molecule has 42 valence electrons. The zero-order chi connectivity index (χ0) is 5.28. The van der Waals surface area contributed by atoms with Gasteiger partial charge in [-0.2, -0.15) is 0 Å². The predicted octanol–water partition coefficient (Wildman–Crippen LogP) is 1.15. The van der Waals surface area contributed by atoms with E-state index in [-0.39, 0.29) is 0 Å². The molecule has 2 atom stereocenters. The SMILES string of the molecule is CCC[C@@H]1NC1C. The van der Waals surface area contributed by atoms with Crippen LogP contribution in [0.2, 0.25) is 0 Å². The van der Waals surface area contributed by atoms with Gasteiger partial charge >= 0.3 is 0 Å². The molecule has 1 fully saturated rings. The van der Waals surface area contributed by atoms with Crippen LogP contribution in [0.1, 0.15) is 26.7 Å². The van der Waals surface area contributed by atoms with Gasteiger partial charge < -0.3 is 5.32 Å². The lowest BCUT2D eigenvalue weighted by Crippen LogP contribution is -1.87. The number of hydrogen-bond acceptors (Lipinski definition) is 1. The molecule has 1 heteroatoms. The Morgan fingerprint density at radius 1 is 1.57 bits per heavy atom. The van der Waals surface area contributed by atoms with Gasteiger partial charge in [0.2, 0.25) is 0 Å². The van der Waals surface area contributed by atoms with Crippen LogP contribution in [0.5, 0.6) is 0 Å². The van der Waals surface area contributed by atoms with Crippen molar-refractivity contribution >= 4 is 0 Å². The van der Waals surface area contributed by atoms with Crippen molar-refractivity contribution in [3.63, 3.8) is 0 Å². The van der Waals surface area contributed by atoms with Crippen molar-refractivity contribution < 1.29 is 0 Å². The molecule has 0 aromatic rings. The summed E-state index contributed by atoms with van der Waals surface area (Å²) in [5.74, 6) is 0. The Hall–Kier alpha value is -0.0400. The van der Waals surface area contributed by atoms with E-state index in [2.05, 4.69) is 19.2 Å². The molecule has 0 aliphatic carbocycles. The molecular formula is C6H13N. The van der Waals surface area contributed by atoms with Gasteiger partial charge in [-0.15, -0.1) is 0 Å². The first kappa shape index (κ1) is 5.10. The fourth-order valence-corrected chi connectivity index (χ4v) is 0.926. The van der Waals surface area contributed by atoms with Crippen LogP contribution in [0.3, 0.4) is 0 Å². The highest BCUT2D eigenvalue weighted by molar-refractivity contribution is 4.93. The Balaban J connectivity index is 1.98. The topological polar surface area (TPSA) is 21.9 Å². The van der Waals surface area contributed by atoms with Gasteiger partial charge in [0.25, 0.3) is 0 Å². The molecule has 1 aliphatic rings. The van der Waals surface area contributed by atoms with Gasteiger partial charge in [0.1, 0.15) is 0 Å². The minimum absolute atomic E-state index is 0.819. The van der Waals surface area contributed by atoms with E-state index < -0.39 is 0 Å². The highest BCUT2D eigenvalue weighted by atomic mass is 15.1. The van der Waals surface area contributed by atoms with Gasteiger partial charge in [-0.1, -0.05) is 13.3 Å². The summed E-state index contributed by atoms with van der Waals surface area (Å²) in [6.45, 7) is 4.47. The Morgan fingerprint density at radius 3 is 2.29 bits per heavy atom. The molecule has 1 nitrogen and oxygen atoms in total. The van der Waals surface area contributed by atoms with Crippen LogP contribution in [-0.2, 0) is 0 Å². The largest absolute Gasteiger partial charge is 0.308 e. The molecule has 0 saturated carbocycles. The molecule has 7 heavy (non-hydrogen) atoms. The van der Waals surface area contributed by atoms with Gasteiger partial charge in [-0.05, 0) is 13.3 Å². The lowest BCUT2D eigenvalue weighted by molar-refractivity contribution is 0.764. The van der Waals surface area contributed by atoms with Crippen LogP contribution in [0, 0.1) is 0 Å². The maximum atomic E-state index is 3.33. The summed E-state index contributed by atoms with van der Waals surface area (Å²) in [5.41, 5.74) is 0. The fourth-order valence-electron chi connectivity index (χ4n) is 0.926. The van der Waals surface area contributed by atoms with Crippen LogP contribution in [0.15, 0.2) is 0 Å². The second kappa shape index (κ2) is 1.83. The van der Waals surface area contributed by atoms with Gasteiger partial charge in [-0.3, -0.25) is 0 Å². The molecule has 0 bridgehead atoms. The minimum atomic E-state index is 0.819. The summed E-state index contributed by atoms with van der Waals surface area (Å²) in [7, 11) is 0. The lowest BCUT2D eigenvalue weighted by atomic mass is 10.2. The number of rotatable bonds is 2. The summed E-state index contributed by atoms with van der Waals surface area (Å²) in [6.07, 6.45) is 2.68. The maximum Gasteiger partial charge on any atom is 0.0221 e. The van der Waals surface area contributed by atoms with Crippen molar-refractivity contribution in [1.82, 2.24) is 5.32 Å². The first-order valence-electron chi connectivity index (χ1n) is 3.10. The second-order valence-corrected chi connectivity index (χ2v) is 2.35. The van der Waals surface area contributed by atoms with E-state index >= 15 is 0 Å². The molecule has 1 rings (SSSR count). The zero-order valence-corrected chi connectivity index (χ0v) is 5.07. The molecule has 1 unspecified atom stereocenters. The summed E-state index contributed by atoms with van der Waals surface area (Å²) in [4.78, 5) is 0. The molecular weight excluding hydrogens is 86.1 g/mol. The maximum absolute atomic E-state index is 3.33. The molecule has 0 radical (unpaired) electrons. The highest BCUT2D eigenvalue weighted by Gasteiger charge is 2.29. The molecule has 0 spiro atoms. The monoisotopic (exact) mass is 99.1 g/mol. The van der Waals surface area contributed by atoms with Gasteiger partial charge in [-0.25, -0.2) is 0 Å². The predicted molar refractivity (Wildman–Crippen MR) is 31.3 cm³/mol. The van der Waals surface area contributed by atoms with Crippen molar-refractivity contribution in [2.45, 2.75) is 38.8 Å². The van der Waals surface area contributed by atoms with Crippen molar-refractivity contribution in [3.05, 3.63) is 0 Å². The van der Waals surface area contributed by atoms with Gasteiger partial charge in [0.05, 0.1) is 0 Å². The van der Waals surface area contributed by atoms with E-state index in [0.29, 0.717) is 0 Å². The molecule has 1 saturated heterocycles. The first-order valence-corrected chi connectivity index (χ1v) is 3.10. The van der Waals surface area contributed by atoms with E-state index in [0.717, 1.165) is 12.1 Å². The third-order valence-electron chi connectivity index (χ3n) is 1.57. The quantitative estimate of drug-likeness (QED) is 0.515. The highest BCUT2D eigenvalue weighted by Crippen LogP contribution is 2.14. The van der Waals surface area contributed by atoms with Crippen molar-refractivity contribution in [2.24, 2.45) is 0 Å². The summed E-state index contributed by atoms with van der Waals surface area (Å²) in [6, 6.07) is 1.69. The van der Waals surface area contributed by atoms with Gasteiger partial charge in [0.15, 0.2) is 0 Å². The average Bonchev–Trinajstić information content (AvgIpc) is 2.22. The molecule has 1 N–H and O–H groups in total. The van der Waals surface area contributed by atoms with Crippen molar-refractivity contribution in [3.8, 4) is 0 Å². The third kappa shape index (κ3) is 1.16. The van der Waals surface area contributed by atoms with Crippen molar-refractivity contribution in [1.29, 1.82) is 0 Å². The standard InChI is InChI=1S/C6H13N/c1-3-4-6-5(2)7-6/h5-7H,3-4H2,1-2H3/t5?,6-/m0/s1. The average molecular weight is 99.2 g/mol. The summed E-state index contributed by atoms with van der Waals surface area (Å²) in [5, 5.41) is 3.33. The molecule has 0 aromatic carbocycles. The van der Waals surface area contributed by atoms with Crippen LogP contribution in [0.25, 0.3) is 0 Å². The lowest BCUT2D eigenvalue weighted by Gasteiger charge is -1.84. The Labute approximate surface area is 45.1 Å². The van der Waals surface area contributed by atoms with Crippen LogP contribution >= 0.6 is 0 Å². The van der Waals surface area contributed by atoms with Crippen LogP contribution in [0.4, 0.5) is 0 Å². The van der Waals surface area contributed by atoms with Crippen LogP contribution < -0.4 is 5.32 Å². The molecule has 1 aliphatic heterocycles. The van der Waals surface area contributed by atoms with E-state index in [4.69, 9.17) is 0 Å². The van der Waals surface area contributed by atoms with Gasteiger partial charge in [0, 0.05) is 12.1 Å². The van der Waals surface area contributed by atoms with E-state index in [1.54, 1.807) is 0 Å². The number of hydrogen-bond donors (Lipinski definition) is 1. The normalized spacial score (nSPS) is 38.6. The van der Waals surface area contributed by atoms with E-state index in [1.165, 1.54) is 12.8 Å². The summed E-state index contributed by atoms with van der Waals surface area (Å²) >= 11 is 0. The van der Waals surface area contributed by atoms with E-state index in [1.807, 2.05) is 0 Å². The smallest absolute Gasteiger partial charge is 0.0221 e. The number of nitrogens with one attached hydrogen (secondary N) is 1. The minimum Gasteiger partial charge on any atom is -0.308 e. The Morgan fingerprint density at radius 2 is 2.14 bits per heavy atom. The Kier molecular flexibility index (Phi) is 1.33. The molecule has 1 heterocycles. The Bertz CT molecular complexity index is 61.2. The zero-order valence-electron chi connectivity index (χ0n) is 5.07. The fraction of sp³-hybridized carbons (Fsp3) is 1.00. The second-order valence-electron chi connectivity index (χ2n) is 2.35. The van der Waals surface area contributed by atoms with Crippen molar-refractivity contribution in [2.75, 3.05) is 0 Å². The van der Waals surface area contributed by atoms with Crippen LogP contribution in [-0.4, -0.2) is 12.1 Å². The summed E-state index contributed by atoms with van der Waals surface area (Å²) < 4.78 is 0.